The third-order valence-electron chi connectivity index (χ3n) is 2.63. The van der Waals surface area contributed by atoms with Gasteiger partial charge in [0, 0.05) is 32.7 Å². The van der Waals surface area contributed by atoms with Crippen molar-refractivity contribution in [1.82, 2.24) is 4.31 Å². The van der Waals surface area contributed by atoms with Gasteiger partial charge in [0.2, 0.25) is 15.9 Å². The summed E-state index contributed by atoms with van der Waals surface area (Å²) in [5, 5.41) is 2.66. The molecule has 3 N–H and O–H groups in total. The molecule has 0 saturated heterocycles. The fourth-order valence-corrected chi connectivity index (χ4v) is 2.38. The lowest BCUT2D eigenvalue weighted by Gasteiger charge is -2.14. The number of amides is 1. The molecule has 0 unspecified atom stereocenters. The van der Waals surface area contributed by atoms with E-state index in [9.17, 15) is 13.2 Å². The Hall–Kier alpha value is -1.44. The second-order valence-electron chi connectivity index (χ2n) is 4.35. The lowest BCUT2D eigenvalue weighted by Crippen LogP contribution is -2.23. The first kappa shape index (κ1) is 15.6. The molecule has 7 heteroatoms. The van der Waals surface area contributed by atoms with Gasteiger partial charge in [-0.15, -0.1) is 0 Å². The zero-order chi connectivity index (χ0) is 14.6. The van der Waals surface area contributed by atoms with Crippen LogP contribution in [-0.2, 0) is 14.8 Å². The van der Waals surface area contributed by atoms with Crippen LogP contribution in [0.15, 0.2) is 23.1 Å². The van der Waals surface area contributed by atoms with Crippen molar-refractivity contribution in [2.75, 3.05) is 26.0 Å². The number of anilines is 1. The number of sulfonamides is 1. The lowest BCUT2D eigenvalue weighted by molar-refractivity contribution is -0.116. The van der Waals surface area contributed by atoms with Crippen molar-refractivity contribution in [1.29, 1.82) is 0 Å². The van der Waals surface area contributed by atoms with Crippen LogP contribution in [0.2, 0.25) is 0 Å². The Morgan fingerprint density at radius 3 is 2.53 bits per heavy atom. The topological polar surface area (TPSA) is 92.5 Å². The first-order valence-corrected chi connectivity index (χ1v) is 7.26. The molecule has 1 aromatic rings. The van der Waals surface area contributed by atoms with E-state index >= 15 is 0 Å². The third kappa shape index (κ3) is 3.76. The van der Waals surface area contributed by atoms with Gasteiger partial charge < -0.3 is 11.1 Å². The van der Waals surface area contributed by atoms with Crippen molar-refractivity contribution in [2.45, 2.75) is 18.2 Å². The maximum absolute atomic E-state index is 12.0. The van der Waals surface area contributed by atoms with E-state index in [1.165, 1.54) is 26.2 Å². The summed E-state index contributed by atoms with van der Waals surface area (Å²) in [4.78, 5) is 11.7. The predicted molar refractivity (Wildman–Crippen MR) is 74.4 cm³/mol. The summed E-state index contributed by atoms with van der Waals surface area (Å²) < 4.78 is 25.1. The molecule has 0 heterocycles. The Bertz CT molecular complexity index is 568. The van der Waals surface area contributed by atoms with Crippen molar-refractivity contribution < 1.29 is 13.2 Å². The molecule has 0 radical (unpaired) electrons. The zero-order valence-corrected chi connectivity index (χ0v) is 12.1. The quantitative estimate of drug-likeness (QED) is 0.825. The monoisotopic (exact) mass is 285 g/mol. The number of carbonyl (C=O) groups excluding carboxylic acids is 1. The molecule has 0 atom stereocenters. The number of aryl methyl sites for hydroxylation is 1. The normalized spacial score (nSPS) is 11.6. The molecule has 0 aromatic heterocycles. The number of rotatable bonds is 5. The summed E-state index contributed by atoms with van der Waals surface area (Å²) in [5.41, 5.74) is 6.58. The number of nitrogens with two attached hydrogens (primary N) is 1. The lowest BCUT2D eigenvalue weighted by atomic mass is 10.2. The number of nitrogens with one attached hydrogen (secondary N) is 1. The van der Waals surface area contributed by atoms with E-state index in [-0.39, 0.29) is 23.8 Å². The summed E-state index contributed by atoms with van der Waals surface area (Å²) in [6, 6.07) is 4.64. The number of nitrogens with zero attached hydrogens (tertiary/aromatic N) is 1. The fourth-order valence-electron chi connectivity index (χ4n) is 1.45. The average molecular weight is 285 g/mol. The molecule has 0 bridgehead atoms. The summed E-state index contributed by atoms with van der Waals surface area (Å²) >= 11 is 0. The van der Waals surface area contributed by atoms with Crippen molar-refractivity contribution in [2.24, 2.45) is 5.73 Å². The minimum Gasteiger partial charge on any atom is -0.330 e. The highest BCUT2D eigenvalue weighted by molar-refractivity contribution is 7.89. The van der Waals surface area contributed by atoms with Crippen molar-refractivity contribution >= 4 is 21.6 Å². The molecule has 19 heavy (non-hydrogen) atoms. The van der Waals surface area contributed by atoms with Gasteiger partial charge in [0.1, 0.15) is 0 Å². The van der Waals surface area contributed by atoms with Gasteiger partial charge in [0.25, 0.3) is 0 Å². The molecule has 1 aromatic carbocycles. The molecular formula is C12H19N3O3S. The van der Waals surface area contributed by atoms with Gasteiger partial charge in [0.05, 0.1) is 4.90 Å². The molecular weight excluding hydrogens is 266 g/mol. The smallest absolute Gasteiger partial charge is 0.242 e. The van der Waals surface area contributed by atoms with E-state index < -0.39 is 10.0 Å². The zero-order valence-electron chi connectivity index (χ0n) is 11.3. The Morgan fingerprint density at radius 1 is 1.37 bits per heavy atom. The SMILES string of the molecule is Cc1ccc(S(=O)(=O)N(C)C)cc1NC(=O)CCN. The van der Waals surface area contributed by atoms with Crippen molar-refractivity contribution in [3.05, 3.63) is 23.8 Å². The van der Waals surface area contributed by atoms with Crippen LogP contribution in [0.3, 0.4) is 0 Å². The minimum absolute atomic E-state index is 0.145. The standard InChI is InChI=1S/C12H19N3O3S/c1-9-4-5-10(19(17,18)15(2)3)8-11(9)14-12(16)6-7-13/h4-5,8H,6-7,13H2,1-3H3,(H,14,16). The molecule has 106 valence electrons. The van der Waals surface area contributed by atoms with E-state index in [1.807, 2.05) is 0 Å². The Balaban J connectivity index is 3.11. The van der Waals surface area contributed by atoms with Crippen LogP contribution in [0, 0.1) is 6.92 Å². The molecule has 0 fully saturated rings. The second-order valence-corrected chi connectivity index (χ2v) is 6.50. The fraction of sp³-hybridized carbons (Fsp3) is 0.417. The van der Waals surface area contributed by atoms with Crippen LogP contribution >= 0.6 is 0 Å². The van der Waals surface area contributed by atoms with Gasteiger partial charge in [0.15, 0.2) is 0 Å². The summed E-state index contributed by atoms with van der Waals surface area (Å²) in [6.45, 7) is 2.05. The maximum Gasteiger partial charge on any atom is 0.242 e. The van der Waals surface area contributed by atoms with Crippen LogP contribution in [0.1, 0.15) is 12.0 Å². The van der Waals surface area contributed by atoms with Crippen molar-refractivity contribution in [3.8, 4) is 0 Å². The van der Waals surface area contributed by atoms with Gasteiger partial charge in [-0.3, -0.25) is 4.79 Å². The minimum atomic E-state index is -3.51. The number of hydrogen-bond acceptors (Lipinski definition) is 4. The second kappa shape index (κ2) is 6.14. The molecule has 0 aliphatic heterocycles. The third-order valence-corrected chi connectivity index (χ3v) is 4.44. The first-order chi connectivity index (χ1) is 8.78. The molecule has 6 nitrogen and oxygen atoms in total. The molecule has 1 rings (SSSR count). The number of benzene rings is 1. The van der Waals surface area contributed by atoms with E-state index in [1.54, 1.807) is 13.0 Å². The van der Waals surface area contributed by atoms with Crippen LogP contribution in [0.25, 0.3) is 0 Å². The number of hydrogen-bond donors (Lipinski definition) is 2. The van der Waals surface area contributed by atoms with Crippen LogP contribution < -0.4 is 11.1 Å². The Morgan fingerprint density at radius 2 is 2.00 bits per heavy atom. The van der Waals surface area contributed by atoms with E-state index in [0.29, 0.717) is 5.69 Å². The van der Waals surface area contributed by atoms with E-state index in [4.69, 9.17) is 5.73 Å². The van der Waals surface area contributed by atoms with Gasteiger partial charge in [-0.1, -0.05) is 6.07 Å². The van der Waals surface area contributed by atoms with Crippen LogP contribution in [-0.4, -0.2) is 39.3 Å². The van der Waals surface area contributed by atoms with Gasteiger partial charge in [-0.25, -0.2) is 12.7 Å². The molecule has 0 spiro atoms. The van der Waals surface area contributed by atoms with Gasteiger partial charge in [-0.05, 0) is 24.6 Å². The Labute approximate surface area is 113 Å². The first-order valence-electron chi connectivity index (χ1n) is 5.82. The summed E-state index contributed by atoms with van der Waals surface area (Å²) in [5.74, 6) is -0.231. The molecule has 0 aliphatic rings. The molecule has 0 saturated carbocycles. The molecule has 1 amide bonds. The molecule has 0 aliphatic carbocycles. The van der Waals surface area contributed by atoms with Crippen LogP contribution in [0.4, 0.5) is 5.69 Å². The van der Waals surface area contributed by atoms with Gasteiger partial charge >= 0.3 is 0 Å². The Kier molecular flexibility index (Phi) is 5.04. The highest BCUT2D eigenvalue weighted by Crippen LogP contribution is 2.22. The van der Waals surface area contributed by atoms with Crippen molar-refractivity contribution in [3.63, 3.8) is 0 Å². The van der Waals surface area contributed by atoms with Crippen LogP contribution in [0.5, 0.6) is 0 Å². The maximum atomic E-state index is 12.0. The highest BCUT2D eigenvalue weighted by atomic mass is 32.2. The predicted octanol–water partition coefficient (Wildman–Crippen LogP) is 0.533. The average Bonchev–Trinajstić information content (AvgIpc) is 2.31. The number of carbonyl (C=O) groups is 1. The summed E-state index contributed by atoms with van der Waals surface area (Å²) in [6.07, 6.45) is 0.199. The highest BCUT2D eigenvalue weighted by Gasteiger charge is 2.18. The van der Waals surface area contributed by atoms with E-state index in [2.05, 4.69) is 5.32 Å². The van der Waals surface area contributed by atoms with Gasteiger partial charge in [-0.2, -0.15) is 0 Å². The largest absolute Gasteiger partial charge is 0.330 e. The summed E-state index contributed by atoms with van der Waals surface area (Å²) in [7, 11) is -0.587. The van der Waals surface area contributed by atoms with E-state index in [0.717, 1.165) is 9.87 Å².